The highest BCUT2D eigenvalue weighted by Gasteiger charge is 2.20. The summed E-state index contributed by atoms with van der Waals surface area (Å²) in [5.74, 6) is 0.730. The van der Waals surface area contributed by atoms with Crippen LogP contribution in [0.15, 0.2) is 24.2 Å². The van der Waals surface area contributed by atoms with Crippen LogP contribution in [0.4, 0.5) is 0 Å². The van der Waals surface area contributed by atoms with E-state index in [1.54, 1.807) is 20.2 Å². The third kappa shape index (κ3) is 1.13. The quantitative estimate of drug-likeness (QED) is 0.511. The van der Waals surface area contributed by atoms with Crippen LogP contribution in [-0.2, 0) is 4.79 Å². The first kappa shape index (κ1) is 7.85. The number of hydrogen-bond acceptors (Lipinski definition) is 2. The number of carbonyl (C=O) groups is 1. The second-order valence-corrected chi connectivity index (χ2v) is 2.70. The molecule has 1 amide bonds. The number of likely N-dealkylation sites (N-methyl/N-ethyl adjacent to an activating group) is 1. The lowest BCUT2D eigenvalue weighted by molar-refractivity contribution is -0.125. The fourth-order valence-corrected chi connectivity index (χ4v) is 1.04. The van der Waals surface area contributed by atoms with Crippen molar-refractivity contribution in [1.29, 1.82) is 0 Å². The van der Waals surface area contributed by atoms with Crippen molar-refractivity contribution in [3.8, 4) is 0 Å². The Balaban J connectivity index is 3.01. The Morgan fingerprint density at radius 3 is 2.55 bits per heavy atom. The molecule has 0 bridgehead atoms. The van der Waals surface area contributed by atoms with E-state index in [1.807, 2.05) is 11.9 Å². The number of amides is 1. The van der Waals surface area contributed by atoms with Crippen molar-refractivity contribution >= 4 is 5.91 Å². The van der Waals surface area contributed by atoms with E-state index in [1.165, 1.54) is 4.90 Å². The molecule has 0 unspecified atom stereocenters. The molecule has 3 heteroatoms. The van der Waals surface area contributed by atoms with Crippen molar-refractivity contribution in [3.63, 3.8) is 0 Å². The summed E-state index contributed by atoms with van der Waals surface area (Å²) in [7, 11) is 3.59. The van der Waals surface area contributed by atoms with Crippen LogP contribution < -0.4 is 0 Å². The Hall–Kier alpha value is -1.25. The van der Waals surface area contributed by atoms with Crippen LogP contribution in [0.3, 0.4) is 0 Å². The van der Waals surface area contributed by atoms with Crippen molar-refractivity contribution in [2.24, 2.45) is 0 Å². The minimum Gasteiger partial charge on any atom is -0.337 e. The molecule has 1 heterocycles. The van der Waals surface area contributed by atoms with Crippen LogP contribution >= 0.6 is 0 Å². The number of carbonyl (C=O) groups excluding carboxylic acids is 1. The zero-order chi connectivity index (χ0) is 8.59. The Morgan fingerprint density at radius 2 is 2.00 bits per heavy atom. The lowest BCUT2D eigenvalue weighted by atomic mass is 10.2. The molecule has 11 heavy (non-hydrogen) atoms. The van der Waals surface area contributed by atoms with E-state index in [4.69, 9.17) is 0 Å². The lowest BCUT2D eigenvalue weighted by Gasteiger charge is -2.31. The van der Waals surface area contributed by atoms with E-state index >= 15 is 0 Å². The van der Waals surface area contributed by atoms with Gasteiger partial charge in [-0.2, -0.15) is 0 Å². The van der Waals surface area contributed by atoms with Crippen LogP contribution in [0.5, 0.6) is 0 Å². The van der Waals surface area contributed by atoms with Gasteiger partial charge in [-0.25, -0.2) is 0 Å². The Morgan fingerprint density at radius 1 is 1.45 bits per heavy atom. The average Bonchev–Trinajstić information content (AvgIpc) is 1.97. The van der Waals surface area contributed by atoms with Gasteiger partial charge in [0, 0.05) is 25.9 Å². The molecule has 3 nitrogen and oxygen atoms in total. The van der Waals surface area contributed by atoms with Crippen LogP contribution in [0.1, 0.15) is 6.92 Å². The number of nitrogens with zero attached hydrogens (tertiary/aromatic N) is 2. The largest absolute Gasteiger partial charge is 0.337 e. The third-order valence-corrected chi connectivity index (χ3v) is 1.82. The fraction of sp³-hybridized carbons (Fsp3) is 0.375. The van der Waals surface area contributed by atoms with Gasteiger partial charge in [-0.3, -0.25) is 9.69 Å². The van der Waals surface area contributed by atoms with E-state index in [-0.39, 0.29) is 5.91 Å². The molecule has 1 rings (SSSR count). The standard InChI is InChI=1S/C8H12N2O/c1-6-5-9(3)7(2)10(4)8(6)11/h5H,2H2,1,3-4H3. The van der Waals surface area contributed by atoms with Crippen LogP contribution in [-0.4, -0.2) is 29.8 Å². The van der Waals surface area contributed by atoms with Gasteiger partial charge in [0.1, 0.15) is 5.82 Å². The normalized spacial score (nSPS) is 19.0. The second-order valence-electron chi connectivity index (χ2n) is 2.70. The van der Waals surface area contributed by atoms with E-state index in [0.29, 0.717) is 5.82 Å². The summed E-state index contributed by atoms with van der Waals surface area (Å²) in [6, 6.07) is 0. The summed E-state index contributed by atoms with van der Waals surface area (Å²) in [6.45, 7) is 5.54. The maximum Gasteiger partial charge on any atom is 0.256 e. The molecule has 0 spiro atoms. The SMILES string of the molecule is C=C1N(C)C=C(C)C(=O)N1C. The van der Waals surface area contributed by atoms with Crippen molar-refractivity contribution in [2.45, 2.75) is 6.92 Å². The molecule has 0 aromatic carbocycles. The third-order valence-electron chi connectivity index (χ3n) is 1.82. The Labute approximate surface area is 66.6 Å². The molecule has 1 aliphatic heterocycles. The minimum absolute atomic E-state index is 0.0214. The molecule has 0 aliphatic carbocycles. The minimum atomic E-state index is 0.0214. The van der Waals surface area contributed by atoms with Gasteiger partial charge >= 0.3 is 0 Å². The summed E-state index contributed by atoms with van der Waals surface area (Å²) in [6.07, 6.45) is 1.78. The number of hydrogen-bond donors (Lipinski definition) is 0. The van der Waals surface area contributed by atoms with Gasteiger partial charge in [0.25, 0.3) is 5.91 Å². The smallest absolute Gasteiger partial charge is 0.256 e. The van der Waals surface area contributed by atoms with Gasteiger partial charge in [0.05, 0.1) is 0 Å². The fourth-order valence-electron chi connectivity index (χ4n) is 1.04. The molecule has 60 valence electrons. The Kier molecular flexibility index (Phi) is 1.72. The molecule has 0 saturated heterocycles. The summed E-state index contributed by atoms with van der Waals surface area (Å²) >= 11 is 0. The monoisotopic (exact) mass is 152 g/mol. The molecular weight excluding hydrogens is 140 g/mol. The van der Waals surface area contributed by atoms with Crippen LogP contribution in [0, 0.1) is 0 Å². The predicted octanol–water partition coefficient (Wildman–Crippen LogP) is 0.765. The first-order chi connectivity index (χ1) is 5.04. The highest BCUT2D eigenvalue weighted by Crippen LogP contribution is 2.15. The highest BCUT2D eigenvalue weighted by atomic mass is 16.2. The van der Waals surface area contributed by atoms with Gasteiger partial charge in [-0.15, -0.1) is 0 Å². The lowest BCUT2D eigenvalue weighted by Crippen LogP contribution is -2.37. The van der Waals surface area contributed by atoms with E-state index in [2.05, 4.69) is 6.58 Å². The first-order valence-electron chi connectivity index (χ1n) is 3.42. The van der Waals surface area contributed by atoms with Crippen LogP contribution in [0.2, 0.25) is 0 Å². The first-order valence-corrected chi connectivity index (χ1v) is 3.42. The van der Waals surface area contributed by atoms with Crippen molar-refractivity contribution in [1.82, 2.24) is 9.80 Å². The zero-order valence-electron chi connectivity index (χ0n) is 7.09. The van der Waals surface area contributed by atoms with E-state index < -0.39 is 0 Å². The van der Waals surface area contributed by atoms with Crippen LogP contribution in [0.25, 0.3) is 0 Å². The highest BCUT2D eigenvalue weighted by molar-refractivity contribution is 5.94. The summed E-state index contributed by atoms with van der Waals surface area (Å²) in [5, 5.41) is 0. The molecule has 1 aliphatic rings. The van der Waals surface area contributed by atoms with Crippen molar-refractivity contribution in [2.75, 3.05) is 14.1 Å². The average molecular weight is 152 g/mol. The molecule has 0 radical (unpaired) electrons. The Bertz CT molecular complexity index is 242. The van der Waals surface area contributed by atoms with Crippen molar-refractivity contribution in [3.05, 3.63) is 24.2 Å². The van der Waals surface area contributed by atoms with Gasteiger partial charge in [-0.05, 0) is 6.92 Å². The summed E-state index contributed by atoms with van der Waals surface area (Å²) < 4.78 is 0. The van der Waals surface area contributed by atoms with Crippen molar-refractivity contribution < 1.29 is 4.79 Å². The molecule has 0 saturated carbocycles. The van der Waals surface area contributed by atoms with Gasteiger partial charge in [-0.1, -0.05) is 6.58 Å². The topological polar surface area (TPSA) is 23.6 Å². The second kappa shape index (κ2) is 2.42. The maximum absolute atomic E-state index is 11.3. The maximum atomic E-state index is 11.3. The van der Waals surface area contributed by atoms with Gasteiger partial charge < -0.3 is 4.90 Å². The van der Waals surface area contributed by atoms with Gasteiger partial charge in [0.15, 0.2) is 0 Å². The molecule has 0 aromatic heterocycles. The van der Waals surface area contributed by atoms with Gasteiger partial charge in [0.2, 0.25) is 0 Å². The summed E-state index contributed by atoms with van der Waals surface area (Å²) in [4.78, 5) is 14.6. The molecule has 0 fully saturated rings. The number of rotatable bonds is 0. The summed E-state index contributed by atoms with van der Waals surface area (Å²) in [5.41, 5.74) is 0.738. The molecular formula is C8H12N2O. The predicted molar refractivity (Wildman–Crippen MR) is 43.4 cm³/mol. The zero-order valence-corrected chi connectivity index (χ0v) is 7.09. The van der Waals surface area contributed by atoms with E-state index in [0.717, 1.165) is 5.57 Å². The molecule has 0 atom stereocenters. The van der Waals surface area contributed by atoms with E-state index in [9.17, 15) is 4.79 Å². The molecule has 0 N–H and O–H groups in total. The molecule has 0 aromatic rings.